The van der Waals surface area contributed by atoms with Crippen LogP contribution in [0.15, 0.2) is 24.3 Å². The number of rotatable bonds is 10. The second-order valence-corrected chi connectivity index (χ2v) is 9.05. The molecule has 2 unspecified atom stereocenters. The van der Waals surface area contributed by atoms with Crippen LogP contribution in [0.1, 0.15) is 40.2 Å². The minimum Gasteiger partial charge on any atom is -0.445 e. The molecule has 0 aromatic heterocycles. The van der Waals surface area contributed by atoms with Crippen LogP contribution in [-0.2, 0) is 25.7 Å². The lowest BCUT2D eigenvalue weighted by molar-refractivity contribution is -0.125. The lowest BCUT2D eigenvalue weighted by Gasteiger charge is -2.20. The molecule has 1 rings (SSSR count). The molecule has 0 saturated carbocycles. The first-order valence-corrected chi connectivity index (χ1v) is 11.0. The average molecular weight is 481 g/mol. The first-order valence-electron chi connectivity index (χ1n) is 11.0. The molecule has 4 amide bonds. The van der Waals surface area contributed by atoms with Crippen LogP contribution in [0.25, 0.3) is 0 Å². The van der Waals surface area contributed by atoms with Gasteiger partial charge in [-0.25, -0.2) is 9.59 Å². The predicted molar refractivity (Wildman–Crippen MR) is 126 cm³/mol. The number of benzene rings is 1. The first-order chi connectivity index (χ1) is 15.8. The molecule has 190 valence electrons. The lowest BCUT2D eigenvalue weighted by Crippen LogP contribution is -2.46. The third-order valence-corrected chi connectivity index (χ3v) is 4.36. The molecule has 1 aromatic rings. The summed E-state index contributed by atoms with van der Waals surface area (Å²) in [6, 6.07) is 5.86. The third kappa shape index (κ3) is 11.5. The largest absolute Gasteiger partial charge is 0.445 e. The molecule has 11 nitrogen and oxygen atoms in total. The highest BCUT2D eigenvalue weighted by molar-refractivity contribution is 5.97. The molecular formula is C23H36N4O7. The molecule has 4 N–H and O–H groups in total. The number of amides is 4. The van der Waals surface area contributed by atoms with Gasteiger partial charge in [0.15, 0.2) is 0 Å². The van der Waals surface area contributed by atoms with Gasteiger partial charge < -0.3 is 35.4 Å². The Balaban J connectivity index is 2.44. The van der Waals surface area contributed by atoms with Crippen molar-refractivity contribution >= 4 is 29.7 Å². The summed E-state index contributed by atoms with van der Waals surface area (Å²) < 4.78 is 10.3. The van der Waals surface area contributed by atoms with E-state index in [9.17, 15) is 19.2 Å². The zero-order valence-corrected chi connectivity index (χ0v) is 20.6. The van der Waals surface area contributed by atoms with Crippen LogP contribution in [0.3, 0.4) is 0 Å². The SMILES string of the molecule is CC(CO)CN(C)C(=O)OCc1ccc(NC(=O)C(C)NC(=O)CNC(=O)OC(C)(C)C)cc1. The molecule has 0 aliphatic heterocycles. The van der Waals surface area contributed by atoms with Crippen molar-refractivity contribution in [3.8, 4) is 0 Å². The van der Waals surface area contributed by atoms with Gasteiger partial charge in [-0.2, -0.15) is 0 Å². The maximum atomic E-state index is 12.3. The molecule has 1 aromatic carbocycles. The Kier molecular flexibility index (Phi) is 11.3. The topological polar surface area (TPSA) is 146 Å². The number of ether oxygens (including phenoxy) is 2. The van der Waals surface area contributed by atoms with Crippen molar-refractivity contribution in [2.24, 2.45) is 5.92 Å². The molecule has 0 radical (unpaired) electrons. The van der Waals surface area contributed by atoms with Crippen LogP contribution in [0, 0.1) is 5.92 Å². The van der Waals surface area contributed by atoms with Gasteiger partial charge in [0.2, 0.25) is 11.8 Å². The van der Waals surface area contributed by atoms with Crippen molar-refractivity contribution in [2.45, 2.75) is 52.9 Å². The fourth-order valence-corrected chi connectivity index (χ4v) is 2.61. The Morgan fingerprint density at radius 2 is 1.71 bits per heavy atom. The van der Waals surface area contributed by atoms with Crippen LogP contribution in [0.5, 0.6) is 0 Å². The third-order valence-electron chi connectivity index (χ3n) is 4.36. The number of alkyl carbamates (subject to hydrolysis) is 1. The van der Waals surface area contributed by atoms with Crippen molar-refractivity contribution in [3.63, 3.8) is 0 Å². The lowest BCUT2D eigenvalue weighted by atomic mass is 10.2. The molecule has 0 spiro atoms. The maximum Gasteiger partial charge on any atom is 0.409 e. The second-order valence-electron chi connectivity index (χ2n) is 9.05. The number of nitrogens with one attached hydrogen (secondary N) is 3. The minimum absolute atomic E-state index is 0.0178. The Morgan fingerprint density at radius 3 is 2.26 bits per heavy atom. The van der Waals surface area contributed by atoms with Gasteiger partial charge in [0.25, 0.3) is 0 Å². The molecular weight excluding hydrogens is 444 g/mol. The first kappa shape index (κ1) is 28.7. The number of carbonyl (C=O) groups excluding carboxylic acids is 4. The second kappa shape index (κ2) is 13.4. The van der Waals surface area contributed by atoms with E-state index in [1.807, 2.05) is 6.92 Å². The molecule has 2 atom stereocenters. The maximum absolute atomic E-state index is 12.3. The van der Waals surface area contributed by atoms with Gasteiger partial charge in [-0.3, -0.25) is 9.59 Å². The summed E-state index contributed by atoms with van der Waals surface area (Å²) in [5.74, 6) is -1.03. The van der Waals surface area contributed by atoms with Crippen molar-refractivity contribution in [1.29, 1.82) is 0 Å². The van der Waals surface area contributed by atoms with Crippen molar-refractivity contribution in [1.82, 2.24) is 15.5 Å². The summed E-state index contributed by atoms with van der Waals surface area (Å²) in [4.78, 5) is 49.3. The molecule has 0 fully saturated rings. The molecule has 0 saturated heterocycles. The van der Waals surface area contributed by atoms with Crippen molar-refractivity contribution in [3.05, 3.63) is 29.8 Å². The highest BCUT2D eigenvalue weighted by Gasteiger charge is 2.19. The molecule has 0 heterocycles. The Bertz CT molecular complexity index is 837. The van der Waals surface area contributed by atoms with Gasteiger partial charge in [0.1, 0.15) is 24.8 Å². The molecule has 0 aliphatic carbocycles. The van der Waals surface area contributed by atoms with E-state index in [4.69, 9.17) is 14.6 Å². The number of nitrogens with zero attached hydrogens (tertiary/aromatic N) is 1. The van der Waals surface area contributed by atoms with Gasteiger partial charge in [-0.15, -0.1) is 0 Å². The number of aliphatic hydroxyl groups excluding tert-OH is 1. The zero-order chi connectivity index (χ0) is 25.9. The van der Waals surface area contributed by atoms with E-state index < -0.39 is 35.6 Å². The van der Waals surface area contributed by atoms with Crippen molar-refractivity contribution in [2.75, 3.05) is 32.1 Å². The van der Waals surface area contributed by atoms with Crippen LogP contribution in [-0.4, -0.2) is 72.4 Å². The Hall–Kier alpha value is -3.34. The number of hydrogen-bond acceptors (Lipinski definition) is 7. The summed E-state index contributed by atoms with van der Waals surface area (Å²) in [6.07, 6.45) is -1.22. The van der Waals surface area contributed by atoms with E-state index >= 15 is 0 Å². The fraction of sp³-hybridized carbons (Fsp3) is 0.565. The van der Waals surface area contributed by atoms with E-state index in [2.05, 4.69) is 16.0 Å². The van der Waals surface area contributed by atoms with Gasteiger partial charge in [-0.1, -0.05) is 19.1 Å². The Labute approximate surface area is 200 Å². The molecule has 11 heteroatoms. The van der Waals surface area contributed by atoms with E-state index in [0.717, 1.165) is 5.56 Å². The summed E-state index contributed by atoms with van der Waals surface area (Å²) >= 11 is 0. The van der Waals surface area contributed by atoms with Crippen molar-refractivity contribution < 1.29 is 33.8 Å². The normalized spacial score (nSPS) is 12.7. The van der Waals surface area contributed by atoms with Crippen LogP contribution >= 0.6 is 0 Å². The molecule has 0 aliphatic rings. The number of anilines is 1. The van der Waals surface area contributed by atoms with E-state index in [-0.39, 0.29) is 25.7 Å². The van der Waals surface area contributed by atoms with E-state index in [0.29, 0.717) is 12.2 Å². The van der Waals surface area contributed by atoms with E-state index in [1.165, 1.54) is 11.8 Å². The van der Waals surface area contributed by atoms with Gasteiger partial charge in [-0.05, 0) is 51.3 Å². The van der Waals surface area contributed by atoms with Crippen LogP contribution in [0.2, 0.25) is 0 Å². The summed E-state index contributed by atoms with van der Waals surface area (Å²) in [6.45, 7) is 8.55. The number of aliphatic hydroxyl groups is 1. The summed E-state index contributed by atoms with van der Waals surface area (Å²) in [7, 11) is 1.60. The number of hydrogen-bond donors (Lipinski definition) is 4. The molecule has 0 bridgehead atoms. The van der Waals surface area contributed by atoms with Crippen LogP contribution in [0.4, 0.5) is 15.3 Å². The smallest absolute Gasteiger partial charge is 0.409 e. The Morgan fingerprint density at radius 1 is 1.09 bits per heavy atom. The van der Waals surface area contributed by atoms with E-state index in [1.54, 1.807) is 52.1 Å². The van der Waals surface area contributed by atoms with Gasteiger partial charge >= 0.3 is 12.2 Å². The van der Waals surface area contributed by atoms with Crippen LogP contribution < -0.4 is 16.0 Å². The minimum atomic E-state index is -0.842. The number of carbonyl (C=O) groups is 4. The quantitative estimate of drug-likeness (QED) is 0.400. The highest BCUT2D eigenvalue weighted by atomic mass is 16.6. The van der Waals surface area contributed by atoms with Gasteiger partial charge in [0, 0.05) is 25.9 Å². The fourth-order valence-electron chi connectivity index (χ4n) is 2.61. The van der Waals surface area contributed by atoms with Gasteiger partial charge in [0.05, 0.1) is 0 Å². The summed E-state index contributed by atoms with van der Waals surface area (Å²) in [5.41, 5.74) is 0.548. The average Bonchev–Trinajstić information content (AvgIpc) is 2.75. The predicted octanol–water partition coefficient (Wildman–Crippen LogP) is 1.85. The standard InChI is InChI=1S/C23H36N4O7/c1-15(13-28)12-27(6)22(32)33-14-17-7-9-18(10-8-17)26-20(30)16(2)25-19(29)11-24-21(31)34-23(3,4)5/h7-10,15-16,28H,11-14H2,1-6H3,(H,24,31)(H,25,29)(H,26,30). The zero-order valence-electron chi connectivity index (χ0n) is 20.6. The molecule has 34 heavy (non-hydrogen) atoms. The highest BCUT2D eigenvalue weighted by Crippen LogP contribution is 2.12. The monoisotopic (exact) mass is 480 g/mol. The summed E-state index contributed by atoms with van der Waals surface area (Å²) in [5, 5.41) is 16.6.